The van der Waals surface area contributed by atoms with E-state index >= 15 is 0 Å². The molecule has 0 bridgehead atoms. The summed E-state index contributed by atoms with van der Waals surface area (Å²) in [6, 6.07) is 14.8. The van der Waals surface area contributed by atoms with Gasteiger partial charge in [-0.3, -0.25) is 0 Å². The number of pyridine rings is 1. The smallest absolute Gasteiger partial charge is 0.166 e. The van der Waals surface area contributed by atoms with Crippen LogP contribution < -0.4 is 11.1 Å². The molecule has 4 rings (SSSR count). The summed E-state index contributed by atoms with van der Waals surface area (Å²) in [6.07, 6.45) is 5.12. The number of nitrogens with one attached hydrogen (secondary N) is 1. The molecule has 1 saturated carbocycles. The summed E-state index contributed by atoms with van der Waals surface area (Å²) in [7, 11) is 0. The molecular formula is C18H19N5. The maximum atomic E-state index is 5.74. The van der Waals surface area contributed by atoms with Crippen LogP contribution in [0, 0.1) is 0 Å². The Bertz CT molecular complexity index is 818. The molecule has 1 aliphatic carbocycles. The number of benzene rings is 1. The first-order valence-corrected chi connectivity index (χ1v) is 8.00. The van der Waals surface area contributed by atoms with Crippen molar-refractivity contribution < 1.29 is 0 Å². The van der Waals surface area contributed by atoms with E-state index < -0.39 is 0 Å². The van der Waals surface area contributed by atoms with Crippen LogP contribution in [0.3, 0.4) is 0 Å². The van der Waals surface area contributed by atoms with Crippen molar-refractivity contribution in [2.45, 2.75) is 31.2 Å². The van der Waals surface area contributed by atoms with Crippen LogP contribution in [0.1, 0.15) is 30.7 Å². The molecule has 0 unspecified atom stereocenters. The maximum absolute atomic E-state index is 5.74. The molecule has 3 aromatic rings. The van der Waals surface area contributed by atoms with E-state index in [4.69, 9.17) is 5.73 Å². The van der Waals surface area contributed by atoms with Gasteiger partial charge in [-0.05, 0) is 30.5 Å². The average Bonchev–Trinajstić information content (AvgIpc) is 3.04. The molecule has 5 heteroatoms. The summed E-state index contributed by atoms with van der Waals surface area (Å²) in [6.45, 7) is 0. The van der Waals surface area contributed by atoms with Crippen LogP contribution in [0.2, 0.25) is 0 Å². The van der Waals surface area contributed by atoms with Crippen LogP contribution in [0.15, 0.2) is 48.8 Å². The Labute approximate surface area is 135 Å². The van der Waals surface area contributed by atoms with Gasteiger partial charge in [0.2, 0.25) is 0 Å². The molecule has 0 saturated heterocycles. The molecule has 0 amide bonds. The minimum Gasteiger partial charge on any atom is -0.384 e. The third-order valence-electron chi connectivity index (χ3n) is 4.58. The van der Waals surface area contributed by atoms with Crippen LogP contribution in [0.25, 0.3) is 11.0 Å². The third-order valence-corrected chi connectivity index (χ3v) is 4.58. The number of hydrogen-bond acceptors (Lipinski definition) is 5. The minimum atomic E-state index is 0.382. The molecular weight excluding hydrogens is 286 g/mol. The minimum absolute atomic E-state index is 0.382. The Morgan fingerprint density at radius 3 is 2.74 bits per heavy atom. The fourth-order valence-corrected chi connectivity index (χ4v) is 3.48. The van der Waals surface area contributed by atoms with Gasteiger partial charge >= 0.3 is 0 Å². The predicted molar refractivity (Wildman–Crippen MR) is 92.2 cm³/mol. The van der Waals surface area contributed by atoms with E-state index in [2.05, 4.69) is 50.6 Å². The van der Waals surface area contributed by atoms with Gasteiger partial charge in [-0.15, -0.1) is 0 Å². The molecule has 5 nitrogen and oxygen atoms in total. The fourth-order valence-electron chi connectivity index (χ4n) is 3.48. The molecule has 2 heterocycles. The van der Waals surface area contributed by atoms with Gasteiger partial charge in [0.05, 0.1) is 5.39 Å². The van der Waals surface area contributed by atoms with Gasteiger partial charge in [-0.25, -0.2) is 15.0 Å². The van der Waals surface area contributed by atoms with Gasteiger partial charge in [0.25, 0.3) is 0 Å². The SMILES string of the molecule is Nc1ccc2c(N[C@H]3CCC[C@H]3c3ccccc3)ncnc2n1. The number of nitrogens with two attached hydrogens (primary N) is 1. The summed E-state index contributed by atoms with van der Waals surface area (Å²) in [5, 5.41) is 4.54. The lowest BCUT2D eigenvalue weighted by molar-refractivity contribution is 0.648. The highest BCUT2D eigenvalue weighted by atomic mass is 15.1. The highest BCUT2D eigenvalue weighted by molar-refractivity contribution is 5.87. The predicted octanol–water partition coefficient (Wildman–Crippen LogP) is 3.36. The van der Waals surface area contributed by atoms with E-state index in [1.165, 1.54) is 18.4 Å². The second-order valence-corrected chi connectivity index (χ2v) is 6.03. The number of aromatic nitrogens is 3. The van der Waals surface area contributed by atoms with Gasteiger partial charge in [-0.1, -0.05) is 36.8 Å². The van der Waals surface area contributed by atoms with E-state index in [9.17, 15) is 0 Å². The van der Waals surface area contributed by atoms with Crippen molar-refractivity contribution in [1.82, 2.24) is 15.0 Å². The van der Waals surface area contributed by atoms with Crippen molar-refractivity contribution in [2.24, 2.45) is 0 Å². The highest BCUT2D eigenvalue weighted by Crippen LogP contribution is 2.36. The number of hydrogen-bond donors (Lipinski definition) is 2. The van der Waals surface area contributed by atoms with Gasteiger partial charge < -0.3 is 11.1 Å². The summed E-state index contributed by atoms with van der Waals surface area (Å²) in [5.41, 5.74) is 7.77. The third kappa shape index (κ3) is 2.70. The number of nitrogens with zero attached hydrogens (tertiary/aromatic N) is 3. The molecule has 1 fully saturated rings. The topological polar surface area (TPSA) is 76.7 Å². The Morgan fingerprint density at radius 1 is 1.00 bits per heavy atom. The Hall–Kier alpha value is -2.69. The molecule has 1 aliphatic rings. The lowest BCUT2D eigenvalue weighted by Crippen LogP contribution is -2.23. The quantitative estimate of drug-likeness (QED) is 0.776. The normalized spacial score (nSPS) is 20.7. The van der Waals surface area contributed by atoms with Crippen LogP contribution in [-0.4, -0.2) is 21.0 Å². The first-order chi connectivity index (χ1) is 11.3. The van der Waals surface area contributed by atoms with Crippen molar-refractivity contribution >= 4 is 22.7 Å². The lowest BCUT2D eigenvalue weighted by atomic mass is 9.94. The second-order valence-electron chi connectivity index (χ2n) is 6.03. The molecule has 2 atom stereocenters. The van der Waals surface area contributed by atoms with Crippen molar-refractivity contribution in [2.75, 3.05) is 11.1 Å². The number of rotatable bonds is 3. The zero-order valence-corrected chi connectivity index (χ0v) is 12.8. The monoisotopic (exact) mass is 305 g/mol. The zero-order chi connectivity index (χ0) is 15.6. The van der Waals surface area contributed by atoms with E-state index in [0.29, 0.717) is 23.4 Å². The Balaban J connectivity index is 1.65. The van der Waals surface area contributed by atoms with E-state index in [-0.39, 0.29) is 0 Å². The number of anilines is 2. The molecule has 23 heavy (non-hydrogen) atoms. The van der Waals surface area contributed by atoms with Gasteiger partial charge in [0.1, 0.15) is 18.0 Å². The summed E-state index contributed by atoms with van der Waals surface area (Å²) in [4.78, 5) is 12.9. The first-order valence-electron chi connectivity index (χ1n) is 8.00. The molecule has 0 radical (unpaired) electrons. The molecule has 0 spiro atoms. The fraction of sp³-hybridized carbons (Fsp3) is 0.278. The number of nitrogen functional groups attached to an aromatic ring is 1. The van der Waals surface area contributed by atoms with Crippen LogP contribution in [0.4, 0.5) is 11.6 Å². The molecule has 0 aliphatic heterocycles. The van der Waals surface area contributed by atoms with E-state index in [1.807, 2.05) is 6.07 Å². The van der Waals surface area contributed by atoms with Gasteiger partial charge in [0.15, 0.2) is 5.65 Å². The van der Waals surface area contributed by atoms with Crippen molar-refractivity contribution in [3.05, 3.63) is 54.4 Å². The summed E-state index contributed by atoms with van der Waals surface area (Å²) in [5.74, 6) is 1.84. The van der Waals surface area contributed by atoms with Gasteiger partial charge in [0, 0.05) is 12.0 Å². The van der Waals surface area contributed by atoms with Gasteiger partial charge in [-0.2, -0.15) is 0 Å². The average molecular weight is 305 g/mol. The number of fused-ring (bicyclic) bond motifs is 1. The Kier molecular flexibility index (Phi) is 3.54. The summed E-state index contributed by atoms with van der Waals surface area (Å²) < 4.78 is 0. The largest absolute Gasteiger partial charge is 0.384 e. The first kappa shape index (κ1) is 13.9. The van der Waals surface area contributed by atoms with Crippen molar-refractivity contribution in [3.63, 3.8) is 0 Å². The summed E-state index contributed by atoms with van der Waals surface area (Å²) >= 11 is 0. The standard InChI is InChI=1S/C18H19N5/c19-16-10-9-14-17(20-11-21-18(14)23-16)22-15-8-4-7-13(15)12-5-2-1-3-6-12/h1-3,5-6,9-11,13,15H,4,7-8H2,(H3,19,20,21,22,23)/t13-,15-/m0/s1. The second kappa shape index (κ2) is 5.83. The molecule has 116 valence electrons. The van der Waals surface area contributed by atoms with Crippen LogP contribution in [-0.2, 0) is 0 Å². The van der Waals surface area contributed by atoms with E-state index in [0.717, 1.165) is 17.6 Å². The molecule has 3 N–H and O–H groups in total. The van der Waals surface area contributed by atoms with Crippen LogP contribution >= 0.6 is 0 Å². The van der Waals surface area contributed by atoms with Crippen LogP contribution in [0.5, 0.6) is 0 Å². The highest BCUT2D eigenvalue weighted by Gasteiger charge is 2.29. The Morgan fingerprint density at radius 2 is 1.87 bits per heavy atom. The zero-order valence-electron chi connectivity index (χ0n) is 12.8. The molecule has 2 aromatic heterocycles. The lowest BCUT2D eigenvalue weighted by Gasteiger charge is -2.22. The maximum Gasteiger partial charge on any atom is 0.166 e. The van der Waals surface area contributed by atoms with Crippen molar-refractivity contribution in [3.8, 4) is 0 Å². The van der Waals surface area contributed by atoms with Crippen molar-refractivity contribution in [1.29, 1.82) is 0 Å². The van der Waals surface area contributed by atoms with E-state index in [1.54, 1.807) is 12.4 Å². The molecule has 1 aromatic carbocycles.